The molecule has 2 aliphatic rings. The Morgan fingerprint density at radius 1 is 1.10 bits per heavy atom. The Morgan fingerprint density at radius 2 is 1.94 bits per heavy atom. The Kier molecular flexibility index (Phi) is 4.00. The van der Waals surface area contributed by atoms with Crippen LogP contribution in [0.2, 0.25) is 0 Å². The van der Waals surface area contributed by atoms with E-state index in [0.29, 0.717) is 24.6 Å². The first-order valence-corrected chi connectivity index (χ1v) is 10.5. The minimum absolute atomic E-state index is 0.138. The zero-order valence-electron chi connectivity index (χ0n) is 16.7. The zero-order valence-corrected chi connectivity index (χ0v) is 16.7. The summed E-state index contributed by atoms with van der Waals surface area (Å²) in [5.41, 5.74) is 4.08. The number of H-pyrrole nitrogens is 2. The van der Waals surface area contributed by atoms with Gasteiger partial charge in [-0.15, -0.1) is 0 Å². The number of nitrogens with one attached hydrogen (secondary N) is 2. The summed E-state index contributed by atoms with van der Waals surface area (Å²) in [5.74, 6) is -0.937. The van der Waals surface area contributed by atoms with Crippen molar-refractivity contribution in [3.63, 3.8) is 0 Å². The highest BCUT2D eigenvalue weighted by atomic mass is 19.1. The number of carbonyl (C=O) groups is 1. The molecule has 7 heteroatoms. The molecule has 6 rings (SSSR count). The standard InChI is InChI=1S/C24H20F2N4O/c25-14-7-8-18(26)17(11-14)23-22-16(15-3-1-2-4-19(15)27-22)9-10-30(23)24(31)21-12-20(28-29-21)13-5-6-13/h1-4,7-8,11-13,23,27H,5-6,9-10H2,(H,28,29). The maximum Gasteiger partial charge on any atom is 0.275 e. The van der Waals surface area contributed by atoms with E-state index in [1.165, 1.54) is 6.07 Å². The SMILES string of the molecule is O=C(c1cc(C2CC2)[nH]n1)N1CCc2c([nH]c3ccccc23)C1c1cc(F)ccc1F. The molecule has 156 valence electrons. The molecule has 31 heavy (non-hydrogen) atoms. The van der Waals surface area contributed by atoms with E-state index in [1.54, 1.807) is 11.0 Å². The second kappa shape index (κ2) is 6.77. The second-order valence-corrected chi connectivity index (χ2v) is 8.36. The van der Waals surface area contributed by atoms with Gasteiger partial charge >= 0.3 is 0 Å². The Hall–Kier alpha value is -3.48. The lowest BCUT2D eigenvalue weighted by Crippen LogP contribution is -2.41. The summed E-state index contributed by atoms with van der Waals surface area (Å²) in [4.78, 5) is 18.4. The van der Waals surface area contributed by atoms with Crippen molar-refractivity contribution >= 4 is 16.8 Å². The van der Waals surface area contributed by atoms with Crippen LogP contribution in [-0.2, 0) is 6.42 Å². The maximum atomic E-state index is 14.9. The van der Waals surface area contributed by atoms with Crippen molar-refractivity contribution in [1.82, 2.24) is 20.1 Å². The molecule has 5 nitrogen and oxygen atoms in total. The molecule has 2 aromatic carbocycles. The Morgan fingerprint density at radius 3 is 2.77 bits per heavy atom. The van der Waals surface area contributed by atoms with Gasteiger partial charge in [-0.1, -0.05) is 18.2 Å². The van der Waals surface area contributed by atoms with Gasteiger partial charge in [0.15, 0.2) is 0 Å². The molecule has 0 spiro atoms. The average molecular weight is 418 g/mol. The molecule has 4 aromatic rings. The highest BCUT2D eigenvalue weighted by Gasteiger charge is 2.37. The van der Waals surface area contributed by atoms with Gasteiger partial charge in [0.05, 0.1) is 0 Å². The second-order valence-electron chi connectivity index (χ2n) is 8.36. The van der Waals surface area contributed by atoms with E-state index in [9.17, 15) is 13.6 Å². The zero-order chi connectivity index (χ0) is 21.1. The van der Waals surface area contributed by atoms with E-state index in [0.717, 1.165) is 52.8 Å². The van der Waals surface area contributed by atoms with Crippen LogP contribution in [0.3, 0.4) is 0 Å². The van der Waals surface area contributed by atoms with Gasteiger partial charge in [-0.3, -0.25) is 9.89 Å². The molecule has 0 saturated heterocycles. The van der Waals surface area contributed by atoms with Crippen LogP contribution in [0.4, 0.5) is 8.78 Å². The van der Waals surface area contributed by atoms with E-state index in [-0.39, 0.29) is 11.5 Å². The summed E-state index contributed by atoms with van der Waals surface area (Å²) in [7, 11) is 0. The van der Waals surface area contributed by atoms with Crippen LogP contribution >= 0.6 is 0 Å². The lowest BCUT2D eigenvalue weighted by atomic mass is 9.91. The van der Waals surface area contributed by atoms with Crippen LogP contribution in [-0.4, -0.2) is 32.5 Å². The number of halogens is 2. The molecule has 0 bridgehead atoms. The minimum Gasteiger partial charge on any atom is -0.356 e. The normalized spacial score (nSPS) is 18.4. The van der Waals surface area contributed by atoms with Crippen molar-refractivity contribution in [2.45, 2.75) is 31.2 Å². The third-order valence-corrected chi connectivity index (χ3v) is 6.38. The number of carbonyl (C=O) groups excluding carboxylic acids is 1. The highest BCUT2D eigenvalue weighted by Crippen LogP contribution is 2.41. The average Bonchev–Trinajstić information content (AvgIpc) is 3.39. The summed E-state index contributed by atoms with van der Waals surface area (Å²) < 4.78 is 29.1. The van der Waals surface area contributed by atoms with E-state index in [2.05, 4.69) is 15.2 Å². The van der Waals surface area contributed by atoms with E-state index in [4.69, 9.17) is 0 Å². The fourth-order valence-corrected chi connectivity index (χ4v) is 4.70. The molecule has 1 saturated carbocycles. The monoisotopic (exact) mass is 418 g/mol. The molecule has 2 N–H and O–H groups in total. The molecule has 1 aliphatic carbocycles. The number of aromatic amines is 2. The number of hydrogen-bond acceptors (Lipinski definition) is 2. The quantitative estimate of drug-likeness (QED) is 0.500. The molecule has 1 aliphatic heterocycles. The number of nitrogens with zero attached hydrogens (tertiary/aromatic N) is 2. The van der Waals surface area contributed by atoms with Crippen molar-refractivity contribution in [1.29, 1.82) is 0 Å². The number of amides is 1. The Bertz CT molecular complexity index is 1320. The van der Waals surface area contributed by atoms with Crippen LogP contribution < -0.4 is 0 Å². The fourth-order valence-electron chi connectivity index (χ4n) is 4.70. The summed E-state index contributed by atoms with van der Waals surface area (Å²) >= 11 is 0. The summed E-state index contributed by atoms with van der Waals surface area (Å²) in [6, 6.07) is 12.3. The first-order chi connectivity index (χ1) is 15.1. The van der Waals surface area contributed by atoms with Crippen molar-refractivity contribution < 1.29 is 13.6 Å². The summed E-state index contributed by atoms with van der Waals surface area (Å²) in [5, 5.41) is 8.23. The molecule has 2 aromatic heterocycles. The van der Waals surface area contributed by atoms with Crippen LogP contribution in [0.25, 0.3) is 10.9 Å². The van der Waals surface area contributed by atoms with Gasteiger partial charge < -0.3 is 9.88 Å². The lowest BCUT2D eigenvalue weighted by Gasteiger charge is -2.36. The van der Waals surface area contributed by atoms with Gasteiger partial charge in [0.1, 0.15) is 23.4 Å². The first kappa shape index (κ1) is 18.3. The highest BCUT2D eigenvalue weighted by molar-refractivity contribution is 5.94. The number of aromatic nitrogens is 3. The lowest BCUT2D eigenvalue weighted by molar-refractivity contribution is 0.0683. The molecule has 1 fully saturated rings. The fraction of sp³-hybridized carbons (Fsp3) is 0.250. The number of hydrogen-bond donors (Lipinski definition) is 2. The summed E-state index contributed by atoms with van der Waals surface area (Å²) in [6.07, 6.45) is 2.81. The van der Waals surface area contributed by atoms with Crippen LogP contribution in [0.15, 0.2) is 48.5 Å². The predicted molar refractivity (Wildman–Crippen MR) is 112 cm³/mol. The molecule has 1 atom stereocenters. The third kappa shape index (κ3) is 2.95. The Labute approximate surface area is 177 Å². The van der Waals surface area contributed by atoms with E-state index < -0.39 is 17.7 Å². The van der Waals surface area contributed by atoms with Gasteiger partial charge in [0, 0.05) is 40.3 Å². The number of benzene rings is 2. The van der Waals surface area contributed by atoms with Crippen molar-refractivity contribution in [2.75, 3.05) is 6.54 Å². The van der Waals surface area contributed by atoms with Crippen molar-refractivity contribution in [2.24, 2.45) is 0 Å². The van der Waals surface area contributed by atoms with Crippen molar-refractivity contribution in [3.05, 3.63) is 88.4 Å². The number of rotatable bonds is 3. The predicted octanol–water partition coefficient (Wildman–Crippen LogP) is 4.83. The largest absolute Gasteiger partial charge is 0.356 e. The molecular weight excluding hydrogens is 398 g/mol. The van der Waals surface area contributed by atoms with Gasteiger partial charge in [0.25, 0.3) is 5.91 Å². The van der Waals surface area contributed by atoms with Crippen molar-refractivity contribution in [3.8, 4) is 0 Å². The van der Waals surface area contributed by atoms with E-state index >= 15 is 0 Å². The number of fused-ring (bicyclic) bond motifs is 3. The minimum atomic E-state index is -0.763. The first-order valence-electron chi connectivity index (χ1n) is 10.5. The van der Waals surface area contributed by atoms with Gasteiger partial charge in [-0.05, 0) is 55.2 Å². The molecule has 0 radical (unpaired) electrons. The smallest absolute Gasteiger partial charge is 0.275 e. The molecule has 1 amide bonds. The Balaban J connectivity index is 1.49. The molecular formula is C24H20F2N4O. The third-order valence-electron chi connectivity index (χ3n) is 6.38. The van der Waals surface area contributed by atoms with Gasteiger partial charge in [-0.25, -0.2) is 8.78 Å². The molecule has 3 heterocycles. The van der Waals surface area contributed by atoms with Crippen LogP contribution in [0.5, 0.6) is 0 Å². The summed E-state index contributed by atoms with van der Waals surface area (Å²) in [6.45, 7) is 0.389. The van der Waals surface area contributed by atoms with Crippen LogP contribution in [0, 0.1) is 11.6 Å². The van der Waals surface area contributed by atoms with Gasteiger partial charge in [-0.2, -0.15) is 5.10 Å². The van der Waals surface area contributed by atoms with E-state index in [1.807, 2.05) is 24.3 Å². The topological polar surface area (TPSA) is 64.8 Å². The molecule has 1 unspecified atom stereocenters. The number of para-hydroxylation sites is 1. The van der Waals surface area contributed by atoms with Crippen LogP contribution in [0.1, 0.15) is 57.8 Å². The maximum absolute atomic E-state index is 14.9. The van der Waals surface area contributed by atoms with Gasteiger partial charge in [0.2, 0.25) is 0 Å².